The molecule has 1 amide bonds. The molecular formula is C15H18N4O. The van der Waals surface area contributed by atoms with Crippen LogP contribution in [0.15, 0.2) is 42.5 Å². The lowest BCUT2D eigenvalue weighted by Gasteiger charge is -2.11. The summed E-state index contributed by atoms with van der Waals surface area (Å²) in [7, 11) is 0. The number of nitrogens with zero attached hydrogens (tertiary/aromatic N) is 2. The van der Waals surface area contributed by atoms with Gasteiger partial charge in [-0.1, -0.05) is 25.1 Å². The normalized spacial score (nSPS) is 11.7. The van der Waals surface area contributed by atoms with Gasteiger partial charge in [0.2, 0.25) is 0 Å². The summed E-state index contributed by atoms with van der Waals surface area (Å²) in [5.41, 5.74) is 1.03. The van der Waals surface area contributed by atoms with E-state index < -0.39 is 0 Å². The molecule has 20 heavy (non-hydrogen) atoms. The van der Waals surface area contributed by atoms with Crippen LogP contribution in [0.5, 0.6) is 0 Å². The second-order valence-corrected chi connectivity index (χ2v) is 4.58. The van der Waals surface area contributed by atoms with E-state index in [0.717, 1.165) is 12.1 Å². The third kappa shape index (κ3) is 3.78. The summed E-state index contributed by atoms with van der Waals surface area (Å²) in [5.74, 6) is 0.411. The molecule has 1 aromatic carbocycles. The minimum atomic E-state index is -0.265. The van der Waals surface area contributed by atoms with E-state index in [1.54, 1.807) is 12.1 Å². The van der Waals surface area contributed by atoms with Crippen molar-refractivity contribution >= 4 is 17.4 Å². The number of benzene rings is 1. The van der Waals surface area contributed by atoms with Crippen LogP contribution in [0.1, 0.15) is 30.8 Å². The quantitative estimate of drug-likeness (QED) is 0.876. The first-order chi connectivity index (χ1) is 9.69. The van der Waals surface area contributed by atoms with Gasteiger partial charge in [-0.3, -0.25) is 4.79 Å². The van der Waals surface area contributed by atoms with E-state index in [9.17, 15) is 4.79 Å². The van der Waals surface area contributed by atoms with Gasteiger partial charge in [-0.2, -0.15) is 0 Å². The highest BCUT2D eigenvalue weighted by Gasteiger charge is 2.09. The van der Waals surface area contributed by atoms with E-state index >= 15 is 0 Å². The maximum Gasteiger partial charge on any atom is 0.276 e. The highest BCUT2D eigenvalue weighted by atomic mass is 16.1. The fourth-order valence-corrected chi connectivity index (χ4v) is 1.60. The number of aromatic nitrogens is 2. The van der Waals surface area contributed by atoms with Gasteiger partial charge in [-0.05, 0) is 37.6 Å². The van der Waals surface area contributed by atoms with Crippen molar-refractivity contribution in [1.82, 2.24) is 10.2 Å². The molecule has 5 nitrogen and oxygen atoms in total. The molecule has 0 saturated heterocycles. The van der Waals surface area contributed by atoms with Crippen molar-refractivity contribution in [2.45, 2.75) is 26.3 Å². The van der Waals surface area contributed by atoms with E-state index in [1.807, 2.05) is 30.3 Å². The predicted molar refractivity (Wildman–Crippen MR) is 79.8 cm³/mol. The molecular weight excluding hydrogens is 252 g/mol. The van der Waals surface area contributed by atoms with Crippen LogP contribution in [-0.4, -0.2) is 22.1 Å². The van der Waals surface area contributed by atoms with Crippen LogP contribution in [-0.2, 0) is 0 Å². The van der Waals surface area contributed by atoms with Gasteiger partial charge in [0.05, 0.1) is 0 Å². The maximum absolute atomic E-state index is 12.0. The zero-order chi connectivity index (χ0) is 14.4. The highest BCUT2D eigenvalue weighted by molar-refractivity contribution is 6.02. The van der Waals surface area contributed by atoms with Crippen molar-refractivity contribution in [3.63, 3.8) is 0 Å². The minimum absolute atomic E-state index is 0.265. The van der Waals surface area contributed by atoms with Crippen molar-refractivity contribution in [3.05, 3.63) is 48.2 Å². The zero-order valence-corrected chi connectivity index (χ0v) is 11.6. The molecule has 0 saturated carbocycles. The SMILES string of the molecule is CCC(C)Nc1ccc(C(=O)Nc2ccccc2)nn1. The van der Waals surface area contributed by atoms with Crippen LogP contribution < -0.4 is 10.6 Å². The molecule has 0 radical (unpaired) electrons. The number of rotatable bonds is 5. The molecule has 0 fully saturated rings. The first kappa shape index (κ1) is 14.0. The molecule has 0 aliphatic rings. The Balaban J connectivity index is 2.01. The summed E-state index contributed by atoms with van der Waals surface area (Å²) in [4.78, 5) is 12.0. The number of carbonyl (C=O) groups is 1. The smallest absolute Gasteiger partial charge is 0.276 e. The topological polar surface area (TPSA) is 66.9 Å². The van der Waals surface area contributed by atoms with Crippen LogP contribution in [0, 0.1) is 0 Å². The van der Waals surface area contributed by atoms with Gasteiger partial charge in [0, 0.05) is 11.7 Å². The van der Waals surface area contributed by atoms with Crippen LogP contribution in [0.4, 0.5) is 11.5 Å². The van der Waals surface area contributed by atoms with E-state index in [4.69, 9.17) is 0 Å². The third-order valence-electron chi connectivity index (χ3n) is 2.94. The lowest BCUT2D eigenvalue weighted by Crippen LogP contribution is -2.17. The lowest BCUT2D eigenvalue weighted by molar-refractivity contribution is 0.102. The summed E-state index contributed by atoms with van der Waals surface area (Å²) in [6.07, 6.45) is 0.998. The first-order valence-corrected chi connectivity index (χ1v) is 6.65. The fourth-order valence-electron chi connectivity index (χ4n) is 1.60. The lowest BCUT2D eigenvalue weighted by atomic mass is 10.2. The third-order valence-corrected chi connectivity index (χ3v) is 2.94. The number of amides is 1. The highest BCUT2D eigenvalue weighted by Crippen LogP contribution is 2.09. The van der Waals surface area contributed by atoms with E-state index in [0.29, 0.717) is 17.6 Å². The number of hydrogen-bond acceptors (Lipinski definition) is 4. The van der Waals surface area contributed by atoms with Gasteiger partial charge < -0.3 is 10.6 Å². The Kier molecular flexibility index (Phi) is 4.65. The average Bonchev–Trinajstić information content (AvgIpc) is 2.49. The van der Waals surface area contributed by atoms with Crippen LogP contribution in [0.3, 0.4) is 0 Å². The Bertz CT molecular complexity index is 554. The Labute approximate surface area is 118 Å². The van der Waals surface area contributed by atoms with Crippen LogP contribution >= 0.6 is 0 Å². The van der Waals surface area contributed by atoms with Gasteiger partial charge in [-0.15, -0.1) is 10.2 Å². The molecule has 5 heteroatoms. The van der Waals surface area contributed by atoms with E-state index in [2.05, 4.69) is 34.7 Å². The van der Waals surface area contributed by atoms with Crippen molar-refractivity contribution in [1.29, 1.82) is 0 Å². The monoisotopic (exact) mass is 270 g/mol. The second-order valence-electron chi connectivity index (χ2n) is 4.58. The summed E-state index contributed by atoms with van der Waals surface area (Å²) in [6.45, 7) is 4.16. The van der Waals surface area contributed by atoms with Gasteiger partial charge in [0.25, 0.3) is 5.91 Å². The molecule has 1 atom stereocenters. The Morgan fingerprint density at radius 1 is 1.15 bits per heavy atom. The van der Waals surface area contributed by atoms with Crippen molar-refractivity contribution in [3.8, 4) is 0 Å². The zero-order valence-electron chi connectivity index (χ0n) is 11.6. The minimum Gasteiger partial charge on any atom is -0.366 e. The Hall–Kier alpha value is -2.43. The van der Waals surface area contributed by atoms with Crippen LogP contribution in [0.25, 0.3) is 0 Å². The molecule has 0 bridgehead atoms. The van der Waals surface area contributed by atoms with Gasteiger partial charge in [0.15, 0.2) is 5.69 Å². The van der Waals surface area contributed by atoms with Crippen molar-refractivity contribution < 1.29 is 4.79 Å². The van der Waals surface area contributed by atoms with E-state index in [-0.39, 0.29) is 5.91 Å². The number of anilines is 2. The second kappa shape index (κ2) is 6.65. The maximum atomic E-state index is 12.0. The summed E-state index contributed by atoms with van der Waals surface area (Å²) in [6, 6.07) is 13.0. The standard InChI is InChI=1S/C15H18N4O/c1-3-11(2)16-14-10-9-13(18-19-14)15(20)17-12-7-5-4-6-8-12/h4-11H,3H2,1-2H3,(H,16,19)(H,17,20). The molecule has 1 unspecified atom stereocenters. The molecule has 2 N–H and O–H groups in total. The number of carbonyl (C=O) groups excluding carboxylic acids is 1. The molecule has 0 aliphatic carbocycles. The molecule has 1 heterocycles. The Morgan fingerprint density at radius 3 is 2.50 bits per heavy atom. The molecule has 104 valence electrons. The number of nitrogens with one attached hydrogen (secondary N) is 2. The van der Waals surface area contributed by atoms with E-state index in [1.165, 1.54) is 0 Å². The molecule has 0 spiro atoms. The fraction of sp³-hybridized carbons (Fsp3) is 0.267. The van der Waals surface area contributed by atoms with Crippen molar-refractivity contribution in [2.24, 2.45) is 0 Å². The first-order valence-electron chi connectivity index (χ1n) is 6.65. The molecule has 0 aliphatic heterocycles. The number of para-hydroxylation sites is 1. The molecule has 2 aromatic rings. The van der Waals surface area contributed by atoms with Crippen molar-refractivity contribution in [2.75, 3.05) is 10.6 Å². The van der Waals surface area contributed by atoms with Gasteiger partial charge >= 0.3 is 0 Å². The summed E-state index contributed by atoms with van der Waals surface area (Å²) in [5, 5.41) is 13.9. The van der Waals surface area contributed by atoms with Gasteiger partial charge in [0.1, 0.15) is 5.82 Å². The predicted octanol–water partition coefficient (Wildman–Crippen LogP) is 2.94. The summed E-state index contributed by atoms with van der Waals surface area (Å²) < 4.78 is 0. The van der Waals surface area contributed by atoms with Gasteiger partial charge in [-0.25, -0.2) is 0 Å². The van der Waals surface area contributed by atoms with Crippen LogP contribution in [0.2, 0.25) is 0 Å². The molecule has 1 aromatic heterocycles. The Morgan fingerprint density at radius 2 is 1.90 bits per heavy atom. The largest absolute Gasteiger partial charge is 0.366 e. The summed E-state index contributed by atoms with van der Waals surface area (Å²) >= 11 is 0. The average molecular weight is 270 g/mol. The molecule has 2 rings (SSSR count). The number of hydrogen-bond donors (Lipinski definition) is 2.